The Balaban J connectivity index is 2.18. The molecule has 9 heteroatoms. The number of aliphatic hydroxyl groups excluding tert-OH is 1. The summed E-state index contributed by atoms with van der Waals surface area (Å²) in [6.45, 7) is 11.9. The maximum Gasteiger partial charge on any atom is 0.330 e. The fourth-order valence-corrected chi connectivity index (χ4v) is 3.36. The summed E-state index contributed by atoms with van der Waals surface area (Å²) in [6, 6.07) is 0. The second kappa shape index (κ2) is 6.79. The minimum atomic E-state index is -2.08. The van der Waals surface area contributed by atoms with Crippen LogP contribution in [0.15, 0.2) is 15.8 Å². The Labute approximate surface area is 146 Å². The first-order valence-corrected chi connectivity index (χ1v) is 11.2. The second-order valence-electron chi connectivity index (χ2n) is 8.05. The predicted octanol–water partition coefficient (Wildman–Crippen LogP) is 1.46. The van der Waals surface area contributed by atoms with Gasteiger partial charge in [0.15, 0.2) is 20.7 Å². The molecular weight excluding hydrogens is 347 g/mol. The number of alkyl halides is 1. The highest BCUT2D eigenvalue weighted by molar-refractivity contribution is 6.74. The number of rotatable bonds is 4. The quantitative estimate of drug-likeness (QED) is 0.779. The molecule has 142 valence electrons. The Morgan fingerprint density at radius 3 is 2.56 bits per heavy atom. The van der Waals surface area contributed by atoms with Gasteiger partial charge in [0.25, 0.3) is 5.56 Å². The van der Waals surface area contributed by atoms with Crippen molar-refractivity contribution in [3.8, 4) is 0 Å². The van der Waals surface area contributed by atoms with Gasteiger partial charge < -0.3 is 14.3 Å². The van der Waals surface area contributed by atoms with Crippen LogP contribution in [-0.4, -0.2) is 48.0 Å². The van der Waals surface area contributed by atoms with Crippen molar-refractivity contribution in [2.75, 3.05) is 6.61 Å². The van der Waals surface area contributed by atoms with E-state index in [0.29, 0.717) is 0 Å². The predicted molar refractivity (Wildman–Crippen MR) is 94.0 cm³/mol. The molecule has 7 nitrogen and oxygen atoms in total. The molecule has 1 aromatic rings. The summed E-state index contributed by atoms with van der Waals surface area (Å²) in [5.41, 5.74) is -1.06. The first-order valence-electron chi connectivity index (χ1n) is 8.29. The molecule has 2 rings (SSSR count). The van der Waals surface area contributed by atoms with Gasteiger partial charge in [-0.25, -0.2) is 9.18 Å². The number of H-pyrrole nitrogens is 1. The number of nitrogens with one attached hydrogen (secondary N) is 1. The van der Waals surface area contributed by atoms with Gasteiger partial charge >= 0.3 is 5.69 Å². The number of halogens is 1. The van der Waals surface area contributed by atoms with Crippen molar-refractivity contribution in [1.29, 1.82) is 0 Å². The molecule has 1 aliphatic rings. The zero-order valence-electron chi connectivity index (χ0n) is 15.5. The van der Waals surface area contributed by atoms with E-state index >= 15 is 0 Å². The van der Waals surface area contributed by atoms with E-state index in [2.05, 4.69) is 38.8 Å². The fraction of sp³-hybridized carbons (Fsp3) is 0.750. The number of aromatic nitrogens is 2. The lowest BCUT2D eigenvalue weighted by Gasteiger charge is -2.37. The number of ether oxygens (including phenoxy) is 1. The van der Waals surface area contributed by atoms with Crippen LogP contribution in [0.5, 0.6) is 0 Å². The average Bonchev–Trinajstić information content (AvgIpc) is 2.76. The summed E-state index contributed by atoms with van der Waals surface area (Å²) in [5, 5.41) is 10.1. The Kier molecular flexibility index (Phi) is 5.44. The number of aliphatic hydroxyl groups is 1. The number of hydrogen-bond donors (Lipinski definition) is 2. The third kappa shape index (κ3) is 3.94. The Hall–Kier alpha value is -1.29. The SMILES string of the molecule is Cc1cn([C@@H]2O[C@H](CO[Si](C)(C)C(C)(C)C)[C@@H](O)[C@H]2F)c(=O)[nH]c1=O. The molecule has 0 radical (unpaired) electrons. The Bertz CT molecular complexity index is 739. The molecule has 0 bridgehead atoms. The highest BCUT2D eigenvalue weighted by Gasteiger charge is 2.47. The smallest absolute Gasteiger partial charge is 0.330 e. The first-order chi connectivity index (χ1) is 11.3. The van der Waals surface area contributed by atoms with Crippen molar-refractivity contribution >= 4 is 8.32 Å². The first kappa shape index (κ1) is 20.0. The molecular formula is C16H27FN2O5Si. The summed E-state index contributed by atoms with van der Waals surface area (Å²) in [7, 11) is -2.08. The molecule has 0 unspecified atom stereocenters. The molecule has 2 N–H and O–H groups in total. The molecule has 2 heterocycles. The lowest BCUT2D eigenvalue weighted by molar-refractivity contribution is -0.0468. The van der Waals surface area contributed by atoms with Crippen LogP contribution in [-0.2, 0) is 9.16 Å². The van der Waals surface area contributed by atoms with Gasteiger partial charge in [-0.15, -0.1) is 0 Å². The van der Waals surface area contributed by atoms with Crippen molar-refractivity contribution in [2.45, 2.75) is 70.4 Å². The maximum atomic E-state index is 14.5. The molecule has 0 aliphatic carbocycles. The number of aromatic amines is 1. The van der Waals surface area contributed by atoms with E-state index in [1.54, 1.807) is 0 Å². The standard InChI is InChI=1S/C16H27FN2O5Si/c1-9-7-19(15(22)18-13(9)21)14-11(17)12(20)10(24-14)8-23-25(5,6)16(2,3)4/h7,10-12,14,20H,8H2,1-6H3,(H,18,21,22)/t10-,11-,12-,14-/m1/s1. The molecule has 25 heavy (non-hydrogen) atoms. The zero-order chi connectivity index (χ0) is 19.2. The van der Waals surface area contributed by atoms with E-state index in [4.69, 9.17) is 9.16 Å². The normalized spacial score (nSPS) is 27.7. The van der Waals surface area contributed by atoms with E-state index < -0.39 is 44.2 Å². The van der Waals surface area contributed by atoms with Gasteiger partial charge in [-0.3, -0.25) is 14.3 Å². The molecule has 4 atom stereocenters. The number of aryl methyl sites for hydroxylation is 1. The minimum Gasteiger partial charge on any atom is -0.414 e. The van der Waals surface area contributed by atoms with Crippen LogP contribution in [0, 0.1) is 6.92 Å². The van der Waals surface area contributed by atoms with Crippen LogP contribution in [0.2, 0.25) is 18.1 Å². The molecule has 0 aromatic carbocycles. The molecule has 0 amide bonds. The van der Waals surface area contributed by atoms with Crippen molar-refractivity contribution in [3.63, 3.8) is 0 Å². The number of nitrogens with zero attached hydrogens (tertiary/aromatic N) is 1. The molecule has 1 aliphatic heterocycles. The summed E-state index contributed by atoms with van der Waals surface area (Å²) < 4.78 is 27.0. The van der Waals surface area contributed by atoms with Crippen LogP contribution >= 0.6 is 0 Å². The van der Waals surface area contributed by atoms with Crippen LogP contribution in [0.4, 0.5) is 4.39 Å². The largest absolute Gasteiger partial charge is 0.414 e. The third-order valence-electron chi connectivity index (χ3n) is 5.13. The minimum absolute atomic E-state index is 0.0297. The molecule has 1 aromatic heterocycles. The molecule has 1 saturated heterocycles. The van der Waals surface area contributed by atoms with E-state index in [0.717, 1.165) is 4.57 Å². The summed E-state index contributed by atoms with van der Waals surface area (Å²) in [4.78, 5) is 25.5. The second-order valence-corrected chi connectivity index (χ2v) is 12.9. The zero-order valence-corrected chi connectivity index (χ0v) is 16.5. The van der Waals surface area contributed by atoms with Crippen molar-refractivity contribution in [2.24, 2.45) is 0 Å². The van der Waals surface area contributed by atoms with Crippen LogP contribution in [0.3, 0.4) is 0 Å². The van der Waals surface area contributed by atoms with Gasteiger partial charge in [0, 0.05) is 11.8 Å². The van der Waals surface area contributed by atoms with E-state index in [9.17, 15) is 19.1 Å². The van der Waals surface area contributed by atoms with Crippen molar-refractivity contribution in [1.82, 2.24) is 9.55 Å². The van der Waals surface area contributed by atoms with E-state index in [1.807, 2.05) is 0 Å². The lowest BCUT2D eigenvalue weighted by atomic mass is 10.1. The van der Waals surface area contributed by atoms with Crippen molar-refractivity contribution in [3.05, 3.63) is 32.6 Å². The molecule has 0 spiro atoms. The van der Waals surface area contributed by atoms with E-state index in [1.165, 1.54) is 13.1 Å². The molecule has 1 fully saturated rings. The Morgan fingerprint density at radius 1 is 1.40 bits per heavy atom. The topological polar surface area (TPSA) is 93.6 Å². The van der Waals surface area contributed by atoms with Crippen LogP contribution < -0.4 is 11.2 Å². The van der Waals surface area contributed by atoms with Crippen LogP contribution in [0.25, 0.3) is 0 Å². The highest BCUT2D eigenvalue weighted by Crippen LogP contribution is 2.38. The summed E-state index contributed by atoms with van der Waals surface area (Å²) >= 11 is 0. The van der Waals surface area contributed by atoms with E-state index in [-0.39, 0.29) is 17.2 Å². The Morgan fingerprint density at radius 2 is 2.00 bits per heavy atom. The average molecular weight is 374 g/mol. The van der Waals surface area contributed by atoms with Gasteiger partial charge in [0.1, 0.15) is 12.2 Å². The number of hydrogen-bond acceptors (Lipinski definition) is 5. The monoisotopic (exact) mass is 374 g/mol. The highest BCUT2D eigenvalue weighted by atomic mass is 28.4. The summed E-state index contributed by atoms with van der Waals surface area (Å²) in [6.07, 6.45) is -4.15. The van der Waals surface area contributed by atoms with Crippen LogP contribution in [0.1, 0.15) is 32.6 Å². The maximum absolute atomic E-state index is 14.5. The summed E-state index contributed by atoms with van der Waals surface area (Å²) in [5.74, 6) is 0. The van der Waals surface area contributed by atoms with Gasteiger partial charge in [0.2, 0.25) is 0 Å². The lowest BCUT2D eigenvalue weighted by Crippen LogP contribution is -2.44. The fourth-order valence-electron chi connectivity index (χ4n) is 2.35. The molecule has 0 saturated carbocycles. The van der Waals surface area contributed by atoms with Crippen molar-refractivity contribution < 1.29 is 18.7 Å². The van der Waals surface area contributed by atoms with Gasteiger partial charge in [-0.1, -0.05) is 20.8 Å². The van der Waals surface area contributed by atoms with Gasteiger partial charge in [0.05, 0.1) is 6.61 Å². The third-order valence-corrected chi connectivity index (χ3v) is 9.63. The van der Waals surface area contributed by atoms with Gasteiger partial charge in [-0.2, -0.15) is 0 Å². The van der Waals surface area contributed by atoms with Gasteiger partial charge in [-0.05, 0) is 25.1 Å².